The number of aromatic amines is 1. The molecular weight excluding hydrogens is 295 g/mol. The average molecular weight is 304 g/mol. The van der Waals surface area contributed by atoms with Crippen molar-refractivity contribution in [3.8, 4) is 0 Å². The van der Waals surface area contributed by atoms with Crippen molar-refractivity contribution in [3.05, 3.63) is 27.5 Å². The molecule has 0 atom stereocenters. The van der Waals surface area contributed by atoms with Gasteiger partial charge in [-0.05, 0) is 35.0 Å². The number of nitrogens with one attached hydrogen (secondary N) is 1. The molecule has 4 nitrogen and oxygen atoms in total. The zero-order chi connectivity index (χ0) is 11.7. The van der Waals surface area contributed by atoms with E-state index in [0.29, 0.717) is 33.0 Å². The molecule has 0 saturated carbocycles. The van der Waals surface area contributed by atoms with Crippen LogP contribution in [0.3, 0.4) is 0 Å². The number of ether oxygens (including phenoxy) is 1. The van der Waals surface area contributed by atoms with Gasteiger partial charge in [0.05, 0.1) is 22.7 Å². The Morgan fingerprint density at radius 2 is 2.38 bits per heavy atom. The molecule has 0 fully saturated rings. The van der Waals surface area contributed by atoms with Crippen molar-refractivity contribution in [3.63, 3.8) is 0 Å². The molecule has 0 saturated heterocycles. The molecule has 16 heavy (non-hydrogen) atoms. The summed E-state index contributed by atoms with van der Waals surface area (Å²) in [5.41, 5.74) is 1.61. The largest absolute Gasteiger partial charge is 0.461 e. The van der Waals surface area contributed by atoms with Crippen molar-refractivity contribution >= 4 is 44.5 Å². The summed E-state index contributed by atoms with van der Waals surface area (Å²) in [4.78, 5) is 18.6. The number of aromatic nitrogens is 2. The van der Waals surface area contributed by atoms with E-state index in [-0.39, 0.29) is 0 Å². The summed E-state index contributed by atoms with van der Waals surface area (Å²) in [6, 6.07) is 3.28. The molecule has 0 bridgehead atoms. The maximum absolute atomic E-state index is 11.5. The number of carbonyl (C=O) groups is 1. The van der Waals surface area contributed by atoms with Crippen molar-refractivity contribution in [2.45, 2.75) is 6.92 Å². The first-order valence-electron chi connectivity index (χ1n) is 4.63. The summed E-state index contributed by atoms with van der Waals surface area (Å²) >= 11 is 9.24. The number of fused-ring (bicyclic) bond motifs is 1. The molecule has 2 aromatic rings. The minimum Gasteiger partial charge on any atom is -0.461 e. The topological polar surface area (TPSA) is 55.0 Å². The smallest absolute Gasteiger partial charge is 0.354 e. The Morgan fingerprint density at radius 3 is 3.06 bits per heavy atom. The fourth-order valence-corrected chi connectivity index (χ4v) is 2.16. The van der Waals surface area contributed by atoms with Gasteiger partial charge in [-0.1, -0.05) is 11.6 Å². The van der Waals surface area contributed by atoms with Crippen LogP contribution in [0.2, 0.25) is 5.02 Å². The highest BCUT2D eigenvalue weighted by molar-refractivity contribution is 9.10. The first kappa shape index (κ1) is 11.4. The molecule has 2 heterocycles. The Hall–Kier alpha value is -1.07. The number of esters is 1. The van der Waals surface area contributed by atoms with Gasteiger partial charge in [-0.15, -0.1) is 0 Å². The molecule has 0 aromatic carbocycles. The Labute approximate surface area is 105 Å². The molecule has 84 valence electrons. The third-order valence-electron chi connectivity index (χ3n) is 2.00. The molecule has 0 aliphatic rings. The highest BCUT2D eigenvalue weighted by atomic mass is 79.9. The number of rotatable bonds is 2. The SMILES string of the molecule is CCOC(=O)c1cc2nc(Br)cc(Cl)c2[nH]1. The minimum atomic E-state index is -0.410. The van der Waals surface area contributed by atoms with Crippen LogP contribution in [0.15, 0.2) is 16.7 Å². The van der Waals surface area contributed by atoms with Gasteiger partial charge >= 0.3 is 5.97 Å². The van der Waals surface area contributed by atoms with Crippen LogP contribution in [0.1, 0.15) is 17.4 Å². The Kier molecular flexibility index (Phi) is 3.16. The summed E-state index contributed by atoms with van der Waals surface area (Å²) in [7, 11) is 0. The summed E-state index contributed by atoms with van der Waals surface area (Å²) < 4.78 is 5.50. The van der Waals surface area contributed by atoms with Gasteiger partial charge in [0, 0.05) is 0 Å². The van der Waals surface area contributed by atoms with Gasteiger partial charge in [-0.25, -0.2) is 9.78 Å². The molecule has 0 radical (unpaired) electrons. The number of pyridine rings is 1. The van der Waals surface area contributed by atoms with Gasteiger partial charge in [0.2, 0.25) is 0 Å². The van der Waals surface area contributed by atoms with E-state index in [4.69, 9.17) is 16.3 Å². The summed E-state index contributed by atoms with van der Waals surface area (Å²) in [5, 5.41) is 0.507. The molecule has 0 aliphatic carbocycles. The van der Waals surface area contributed by atoms with E-state index in [1.165, 1.54) is 0 Å². The Bertz CT molecular complexity index is 553. The monoisotopic (exact) mass is 302 g/mol. The Morgan fingerprint density at radius 1 is 1.62 bits per heavy atom. The normalized spacial score (nSPS) is 10.7. The number of H-pyrrole nitrogens is 1. The van der Waals surface area contributed by atoms with Crippen LogP contribution in [0.5, 0.6) is 0 Å². The molecule has 6 heteroatoms. The molecule has 1 N–H and O–H groups in total. The third kappa shape index (κ3) is 2.05. The lowest BCUT2D eigenvalue weighted by Crippen LogP contribution is -2.04. The molecule has 0 unspecified atom stereocenters. The summed E-state index contributed by atoms with van der Waals surface area (Å²) in [6.45, 7) is 2.08. The van der Waals surface area contributed by atoms with Crippen molar-refractivity contribution in [1.29, 1.82) is 0 Å². The molecule has 0 spiro atoms. The number of hydrogen-bond donors (Lipinski definition) is 1. The van der Waals surface area contributed by atoms with Gasteiger partial charge in [0.15, 0.2) is 0 Å². The molecule has 2 rings (SSSR count). The number of halogens is 2. The predicted molar refractivity (Wildman–Crippen MR) is 64.8 cm³/mol. The minimum absolute atomic E-state index is 0.332. The van der Waals surface area contributed by atoms with Crippen LogP contribution in [0, 0.1) is 0 Å². The average Bonchev–Trinajstić information content (AvgIpc) is 2.62. The molecule has 0 amide bonds. The van der Waals surface area contributed by atoms with Crippen molar-refractivity contribution < 1.29 is 9.53 Å². The first-order valence-corrected chi connectivity index (χ1v) is 5.80. The van der Waals surface area contributed by atoms with Crippen LogP contribution in [-0.4, -0.2) is 22.5 Å². The van der Waals surface area contributed by atoms with Crippen LogP contribution in [0.25, 0.3) is 11.0 Å². The van der Waals surface area contributed by atoms with Crippen LogP contribution >= 0.6 is 27.5 Å². The highest BCUT2D eigenvalue weighted by Crippen LogP contribution is 2.25. The van der Waals surface area contributed by atoms with E-state index < -0.39 is 5.97 Å². The second-order valence-corrected chi connectivity index (χ2v) is 4.31. The molecule has 2 aromatic heterocycles. The lowest BCUT2D eigenvalue weighted by Gasteiger charge is -1.97. The highest BCUT2D eigenvalue weighted by Gasteiger charge is 2.13. The van der Waals surface area contributed by atoms with E-state index in [1.54, 1.807) is 19.1 Å². The second kappa shape index (κ2) is 4.43. The standard InChI is InChI=1S/C10H8BrClN2O2/c1-2-16-10(15)7-4-6-9(14-7)5(12)3-8(11)13-6/h3-4,14H,2H2,1H3. The molecule has 0 aliphatic heterocycles. The summed E-state index contributed by atoms with van der Waals surface area (Å²) in [6.07, 6.45) is 0. The van der Waals surface area contributed by atoms with E-state index in [0.717, 1.165) is 0 Å². The lowest BCUT2D eigenvalue weighted by molar-refractivity contribution is 0.0520. The molecular formula is C10H8BrClN2O2. The second-order valence-electron chi connectivity index (χ2n) is 3.09. The summed E-state index contributed by atoms with van der Waals surface area (Å²) in [5.74, 6) is -0.410. The van der Waals surface area contributed by atoms with Crippen molar-refractivity contribution in [1.82, 2.24) is 9.97 Å². The van der Waals surface area contributed by atoms with Gasteiger partial charge in [-0.2, -0.15) is 0 Å². The fourth-order valence-electron chi connectivity index (χ4n) is 1.36. The van der Waals surface area contributed by atoms with Crippen LogP contribution in [0.4, 0.5) is 0 Å². The number of nitrogens with zero attached hydrogens (tertiary/aromatic N) is 1. The third-order valence-corrected chi connectivity index (χ3v) is 2.71. The maximum Gasteiger partial charge on any atom is 0.354 e. The van der Waals surface area contributed by atoms with E-state index in [2.05, 4.69) is 25.9 Å². The van der Waals surface area contributed by atoms with Crippen molar-refractivity contribution in [2.75, 3.05) is 6.61 Å². The lowest BCUT2D eigenvalue weighted by atomic mass is 10.4. The van der Waals surface area contributed by atoms with Gasteiger partial charge in [0.25, 0.3) is 0 Å². The van der Waals surface area contributed by atoms with Crippen LogP contribution < -0.4 is 0 Å². The maximum atomic E-state index is 11.5. The van der Waals surface area contributed by atoms with Gasteiger partial charge < -0.3 is 9.72 Å². The quantitative estimate of drug-likeness (QED) is 0.685. The van der Waals surface area contributed by atoms with Gasteiger partial charge in [-0.3, -0.25) is 0 Å². The predicted octanol–water partition coefficient (Wildman–Crippen LogP) is 3.16. The van der Waals surface area contributed by atoms with Crippen molar-refractivity contribution in [2.24, 2.45) is 0 Å². The number of hydrogen-bond acceptors (Lipinski definition) is 3. The zero-order valence-corrected chi connectivity index (χ0v) is 10.7. The fraction of sp³-hybridized carbons (Fsp3) is 0.200. The number of carbonyl (C=O) groups excluding carboxylic acids is 1. The van der Waals surface area contributed by atoms with Crippen LogP contribution in [-0.2, 0) is 4.74 Å². The zero-order valence-electron chi connectivity index (χ0n) is 8.38. The van der Waals surface area contributed by atoms with E-state index in [9.17, 15) is 4.79 Å². The van der Waals surface area contributed by atoms with E-state index in [1.807, 2.05) is 0 Å². The first-order chi connectivity index (χ1) is 7.61. The van der Waals surface area contributed by atoms with E-state index >= 15 is 0 Å². The Balaban J connectivity index is 2.51. The van der Waals surface area contributed by atoms with Gasteiger partial charge in [0.1, 0.15) is 10.3 Å².